The van der Waals surface area contributed by atoms with Gasteiger partial charge < -0.3 is 0 Å². The minimum absolute atomic E-state index is 0.281. The molecular weight excluding hydrogens is 356 g/mol. The van der Waals surface area contributed by atoms with Crippen molar-refractivity contribution in [3.05, 3.63) is 56.7 Å². The zero-order chi connectivity index (χ0) is 19.8. The van der Waals surface area contributed by atoms with E-state index in [-0.39, 0.29) is 11.2 Å². The summed E-state index contributed by atoms with van der Waals surface area (Å²) in [6.45, 7) is 5.42. The summed E-state index contributed by atoms with van der Waals surface area (Å²) >= 11 is 0. The smallest absolute Gasteiger partial charge is 0.297 e. The lowest BCUT2D eigenvalue weighted by molar-refractivity contribution is 0.590. The lowest BCUT2D eigenvalue weighted by Crippen LogP contribution is -2.40. The van der Waals surface area contributed by atoms with Crippen LogP contribution in [-0.4, -0.2) is 30.9 Å². The van der Waals surface area contributed by atoms with E-state index in [1.54, 1.807) is 7.05 Å². The van der Waals surface area contributed by atoms with E-state index in [4.69, 9.17) is 0 Å². The Kier molecular flexibility index (Phi) is 4.62. The molecule has 0 saturated heterocycles. The molecule has 0 spiro atoms. The largest absolute Gasteiger partial charge is 0.332 e. The van der Waals surface area contributed by atoms with Gasteiger partial charge in [0.25, 0.3) is 5.56 Å². The first-order valence-electron chi connectivity index (χ1n) is 9.57. The van der Waals surface area contributed by atoms with Crippen LogP contribution < -0.4 is 16.3 Å². The molecule has 8 heteroatoms. The molecule has 146 valence electrons. The quantitative estimate of drug-likeness (QED) is 0.676. The summed E-state index contributed by atoms with van der Waals surface area (Å²) in [5.41, 5.74) is 2.37. The molecule has 0 fully saturated rings. The molecule has 8 nitrogen and oxygen atoms in total. The van der Waals surface area contributed by atoms with Crippen LogP contribution in [0.15, 0.2) is 45.0 Å². The molecular formula is C20H24N6O2. The molecule has 4 rings (SSSR count). The van der Waals surface area contributed by atoms with Gasteiger partial charge in [-0.1, -0.05) is 37.3 Å². The summed E-state index contributed by atoms with van der Waals surface area (Å²) in [7, 11) is 1.66. The molecule has 0 amide bonds. The van der Waals surface area contributed by atoms with E-state index in [2.05, 4.69) is 22.2 Å². The molecule has 1 aliphatic rings. The third-order valence-electron chi connectivity index (χ3n) is 5.02. The fourth-order valence-electron chi connectivity index (χ4n) is 3.67. The van der Waals surface area contributed by atoms with Gasteiger partial charge in [-0.25, -0.2) is 9.80 Å². The molecule has 0 N–H and O–H groups in total. The molecule has 28 heavy (non-hydrogen) atoms. The lowest BCUT2D eigenvalue weighted by Gasteiger charge is -2.24. The second-order valence-electron chi connectivity index (χ2n) is 7.16. The summed E-state index contributed by atoms with van der Waals surface area (Å²) in [6, 6.07) is 10.2. The van der Waals surface area contributed by atoms with Gasteiger partial charge in [0.2, 0.25) is 5.95 Å². The molecule has 3 aromatic rings. The zero-order valence-corrected chi connectivity index (χ0v) is 16.4. The van der Waals surface area contributed by atoms with Crippen molar-refractivity contribution in [2.45, 2.75) is 39.8 Å². The zero-order valence-electron chi connectivity index (χ0n) is 16.4. The van der Waals surface area contributed by atoms with Crippen molar-refractivity contribution in [1.29, 1.82) is 0 Å². The van der Waals surface area contributed by atoms with Crippen molar-refractivity contribution in [3.63, 3.8) is 0 Å². The predicted octanol–water partition coefficient (Wildman–Crippen LogP) is 1.75. The third kappa shape index (κ3) is 2.94. The molecule has 2 aromatic heterocycles. The molecule has 0 saturated carbocycles. The van der Waals surface area contributed by atoms with Crippen LogP contribution in [0.25, 0.3) is 11.2 Å². The fraction of sp³-hybridized carbons (Fsp3) is 0.400. The SMILES string of the molecule is CCCn1c(=O)c2c(nc3n2CC(C)=NN3CCc2ccccc2)n(C)c1=O. The van der Waals surface area contributed by atoms with Crippen LogP contribution in [0.3, 0.4) is 0 Å². The van der Waals surface area contributed by atoms with Gasteiger partial charge in [0.1, 0.15) is 0 Å². The summed E-state index contributed by atoms with van der Waals surface area (Å²) in [5.74, 6) is 0.609. The number of anilines is 1. The number of fused-ring (bicyclic) bond motifs is 3. The number of hydrogen-bond acceptors (Lipinski definition) is 5. The van der Waals surface area contributed by atoms with E-state index in [0.29, 0.717) is 43.2 Å². The Hall–Kier alpha value is -3.16. The molecule has 0 aliphatic carbocycles. The maximum absolute atomic E-state index is 13.0. The molecule has 0 unspecified atom stereocenters. The van der Waals surface area contributed by atoms with Gasteiger partial charge in [-0.15, -0.1) is 0 Å². The molecule has 1 aromatic carbocycles. The van der Waals surface area contributed by atoms with Crippen LogP contribution in [0.5, 0.6) is 0 Å². The number of benzene rings is 1. The minimum Gasteiger partial charge on any atom is -0.297 e. The van der Waals surface area contributed by atoms with Crippen LogP contribution >= 0.6 is 0 Å². The van der Waals surface area contributed by atoms with Crippen molar-refractivity contribution in [3.8, 4) is 0 Å². The Labute approximate surface area is 162 Å². The van der Waals surface area contributed by atoms with Gasteiger partial charge in [0.15, 0.2) is 11.2 Å². The number of nitrogens with zero attached hydrogens (tertiary/aromatic N) is 6. The van der Waals surface area contributed by atoms with Crippen molar-refractivity contribution >= 4 is 22.8 Å². The first kappa shape index (κ1) is 18.2. The Morgan fingerprint density at radius 1 is 1.11 bits per heavy atom. The Balaban J connectivity index is 1.82. The number of hydrazone groups is 1. The predicted molar refractivity (Wildman–Crippen MR) is 110 cm³/mol. The Morgan fingerprint density at radius 3 is 2.57 bits per heavy atom. The number of hydrogen-bond donors (Lipinski definition) is 0. The van der Waals surface area contributed by atoms with Gasteiger partial charge in [-0.05, 0) is 25.3 Å². The molecule has 0 radical (unpaired) electrons. The van der Waals surface area contributed by atoms with Crippen LogP contribution in [-0.2, 0) is 26.6 Å². The summed E-state index contributed by atoms with van der Waals surface area (Å²) in [6.07, 6.45) is 1.52. The summed E-state index contributed by atoms with van der Waals surface area (Å²) < 4.78 is 4.64. The highest BCUT2D eigenvalue weighted by atomic mass is 16.2. The van der Waals surface area contributed by atoms with Crippen LogP contribution in [0, 0.1) is 0 Å². The van der Waals surface area contributed by atoms with Gasteiger partial charge in [0, 0.05) is 20.1 Å². The maximum atomic E-state index is 13.0. The first-order valence-corrected chi connectivity index (χ1v) is 9.57. The van der Waals surface area contributed by atoms with E-state index in [1.165, 1.54) is 14.7 Å². The van der Waals surface area contributed by atoms with Gasteiger partial charge in [0.05, 0.1) is 12.3 Å². The average Bonchev–Trinajstić information content (AvgIpc) is 3.08. The summed E-state index contributed by atoms with van der Waals surface area (Å²) in [4.78, 5) is 30.3. The highest BCUT2D eigenvalue weighted by Crippen LogP contribution is 2.24. The summed E-state index contributed by atoms with van der Waals surface area (Å²) in [5, 5.41) is 6.48. The van der Waals surface area contributed by atoms with E-state index in [0.717, 1.165) is 12.1 Å². The van der Waals surface area contributed by atoms with Crippen molar-refractivity contribution in [1.82, 2.24) is 18.7 Å². The normalized spacial score (nSPS) is 13.7. The second kappa shape index (κ2) is 7.10. The van der Waals surface area contributed by atoms with Crippen molar-refractivity contribution in [2.24, 2.45) is 12.1 Å². The molecule has 0 atom stereocenters. The number of imidazole rings is 1. The van der Waals surface area contributed by atoms with Crippen LogP contribution in [0.1, 0.15) is 25.8 Å². The molecule has 0 bridgehead atoms. The maximum Gasteiger partial charge on any atom is 0.332 e. The first-order chi connectivity index (χ1) is 13.5. The van der Waals surface area contributed by atoms with Crippen LogP contribution in [0.2, 0.25) is 0 Å². The van der Waals surface area contributed by atoms with Gasteiger partial charge in [-0.3, -0.25) is 18.5 Å². The average molecular weight is 380 g/mol. The lowest BCUT2D eigenvalue weighted by atomic mass is 10.1. The van der Waals surface area contributed by atoms with E-state index < -0.39 is 0 Å². The monoisotopic (exact) mass is 380 g/mol. The van der Waals surface area contributed by atoms with Crippen LogP contribution in [0.4, 0.5) is 5.95 Å². The molecule has 1 aliphatic heterocycles. The fourth-order valence-corrected chi connectivity index (χ4v) is 3.67. The van der Waals surface area contributed by atoms with E-state index >= 15 is 0 Å². The highest BCUT2D eigenvalue weighted by molar-refractivity contribution is 5.87. The third-order valence-corrected chi connectivity index (χ3v) is 5.02. The van der Waals surface area contributed by atoms with E-state index in [9.17, 15) is 9.59 Å². The van der Waals surface area contributed by atoms with Gasteiger partial charge >= 0.3 is 5.69 Å². The Morgan fingerprint density at radius 2 is 1.86 bits per heavy atom. The highest BCUT2D eigenvalue weighted by Gasteiger charge is 2.26. The number of aromatic nitrogens is 4. The number of rotatable bonds is 5. The number of aryl methyl sites for hydroxylation is 1. The topological polar surface area (TPSA) is 77.4 Å². The van der Waals surface area contributed by atoms with Crippen molar-refractivity contribution < 1.29 is 0 Å². The Bertz CT molecular complexity index is 1170. The minimum atomic E-state index is -0.330. The second-order valence-corrected chi connectivity index (χ2v) is 7.16. The van der Waals surface area contributed by atoms with Crippen molar-refractivity contribution in [2.75, 3.05) is 11.6 Å². The molecule has 3 heterocycles. The van der Waals surface area contributed by atoms with Gasteiger partial charge in [-0.2, -0.15) is 10.1 Å². The van der Waals surface area contributed by atoms with E-state index in [1.807, 2.05) is 41.6 Å². The standard InChI is InChI=1S/C20H24N6O2/c1-4-11-24-18(27)16-17(23(3)20(24)28)21-19-25(16)13-14(2)22-26(19)12-10-15-8-6-5-7-9-15/h5-9H,4,10-13H2,1-3H3.